The molecule has 0 saturated heterocycles. The van der Waals surface area contributed by atoms with Gasteiger partial charge in [-0.05, 0) is 12.8 Å². The van der Waals surface area contributed by atoms with Gasteiger partial charge in [0.25, 0.3) is 0 Å². The maximum absolute atomic E-state index is 12.7. The molecule has 0 aliphatic carbocycles. The second kappa shape index (κ2) is 7.48. The molecule has 0 aromatic heterocycles. The molecule has 0 aromatic rings. The van der Waals surface area contributed by atoms with Crippen LogP contribution < -0.4 is 0 Å². The number of hydrogen-bond donors (Lipinski definition) is 1. The summed E-state index contributed by atoms with van der Waals surface area (Å²) in [5.41, 5.74) is 0. The summed E-state index contributed by atoms with van der Waals surface area (Å²) in [6.45, 7) is 2.83. The Morgan fingerprint density at radius 1 is 1.15 bits per heavy atom. The van der Waals surface area contributed by atoms with Gasteiger partial charge in [-0.25, -0.2) is 4.79 Å². The number of halogens is 2. The molecule has 0 rings (SSSR count). The zero-order valence-corrected chi connectivity index (χ0v) is 11.8. The number of rotatable bonds is 8. The number of carbonyl (C=O) groups is 2. The first-order chi connectivity index (χ1) is 9.00. The predicted octanol–water partition coefficient (Wildman–Crippen LogP) is 0.990. The fourth-order valence-corrected chi connectivity index (χ4v) is 1.17. The molecule has 0 fully saturated rings. The summed E-state index contributed by atoms with van der Waals surface area (Å²) in [6.07, 6.45) is 0.349. The summed E-state index contributed by atoms with van der Waals surface area (Å²) in [7, 11) is -5.85. The largest absolute Gasteiger partial charge is 0.465 e. The molecule has 118 valence electrons. The Morgan fingerprint density at radius 3 is 2.00 bits per heavy atom. The Balaban J connectivity index is 3.93. The van der Waals surface area contributed by atoms with Crippen LogP contribution in [0.2, 0.25) is 0 Å². The molecule has 0 radical (unpaired) electrons. The van der Waals surface area contributed by atoms with Crippen LogP contribution >= 0.6 is 0 Å². The molecular formula is C10H16F2O7S. The fraction of sp³-hybridized carbons (Fsp3) is 0.800. The van der Waals surface area contributed by atoms with Crippen LogP contribution in [0.1, 0.15) is 26.7 Å². The van der Waals surface area contributed by atoms with Gasteiger partial charge in [0.2, 0.25) is 0 Å². The number of unbranched alkanes of at least 4 members (excludes halogenated alkanes) is 1. The SMILES string of the molecule is CC(C)C(=O)OCCCCOC(=O)C(F)(F)S(=O)(=O)O. The zero-order chi connectivity index (χ0) is 16.0. The molecule has 0 atom stereocenters. The minimum atomic E-state index is -5.85. The van der Waals surface area contributed by atoms with E-state index in [4.69, 9.17) is 9.29 Å². The lowest BCUT2D eigenvalue weighted by atomic mass is 10.2. The van der Waals surface area contributed by atoms with Gasteiger partial charge in [-0.3, -0.25) is 9.35 Å². The van der Waals surface area contributed by atoms with E-state index in [1.165, 1.54) is 0 Å². The minimum absolute atomic E-state index is 0.0310. The molecule has 0 saturated carbocycles. The number of hydrogen-bond acceptors (Lipinski definition) is 6. The van der Waals surface area contributed by atoms with Gasteiger partial charge in [0.15, 0.2) is 0 Å². The molecule has 10 heteroatoms. The third-order valence-corrected chi connectivity index (χ3v) is 2.86. The van der Waals surface area contributed by atoms with Gasteiger partial charge >= 0.3 is 27.3 Å². The first kappa shape index (κ1) is 18.7. The summed E-state index contributed by atoms with van der Waals surface area (Å²) in [5.74, 6) is -3.06. The Labute approximate surface area is 115 Å². The summed E-state index contributed by atoms with van der Waals surface area (Å²) < 4.78 is 62.8. The van der Waals surface area contributed by atoms with Crippen LogP contribution in [0.25, 0.3) is 0 Å². The number of ether oxygens (including phenoxy) is 2. The van der Waals surface area contributed by atoms with Gasteiger partial charge in [0, 0.05) is 0 Å². The number of carbonyl (C=O) groups excluding carboxylic acids is 2. The van der Waals surface area contributed by atoms with E-state index in [2.05, 4.69) is 4.74 Å². The van der Waals surface area contributed by atoms with E-state index in [0.29, 0.717) is 0 Å². The van der Waals surface area contributed by atoms with Gasteiger partial charge in [0.1, 0.15) is 0 Å². The van der Waals surface area contributed by atoms with Crippen molar-refractivity contribution in [1.82, 2.24) is 0 Å². The smallest absolute Gasteiger partial charge is 0.465 e. The molecule has 0 aliphatic heterocycles. The van der Waals surface area contributed by atoms with Crippen LogP contribution in [0, 0.1) is 5.92 Å². The quantitative estimate of drug-likeness (QED) is 0.404. The topological polar surface area (TPSA) is 107 Å². The van der Waals surface area contributed by atoms with Crippen molar-refractivity contribution in [3.05, 3.63) is 0 Å². The van der Waals surface area contributed by atoms with Crippen molar-refractivity contribution in [3.63, 3.8) is 0 Å². The second-order valence-corrected chi connectivity index (χ2v) is 5.62. The lowest BCUT2D eigenvalue weighted by Crippen LogP contribution is -2.39. The van der Waals surface area contributed by atoms with Crippen LogP contribution in [0.3, 0.4) is 0 Å². The predicted molar refractivity (Wildman–Crippen MR) is 62.5 cm³/mol. The molecule has 0 unspecified atom stereocenters. The zero-order valence-electron chi connectivity index (χ0n) is 11.0. The van der Waals surface area contributed by atoms with E-state index in [0.717, 1.165) is 0 Å². The van der Waals surface area contributed by atoms with E-state index >= 15 is 0 Å². The van der Waals surface area contributed by atoms with E-state index in [1.807, 2.05) is 0 Å². The monoisotopic (exact) mass is 318 g/mol. The van der Waals surface area contributed by atoms with Crippen molar-refractivity contribution in [2.24, 2.45) is 5.92 Å². The number of esters is 2. The molecule has 1 N–H and O–H groups in total. The van der Waals surface area contributed by atoms with Crippen LogP contribution in [0.4, 0.5) is 8.78 Å². The van der Waals surface area contributed by atoms with E-state index < -0.39 is 33.9 Å². The average Bonchev–Trinajstić information content (AvgIpc) is 2.31. The molecule has 0 amide bonds. The fourth-order valence-electron chi connectivity index (χ4n) is 0.898. The van der Waals surface area contributed by atoms with Gasteiger partial charge < -0.3 is 9.47 Å². The molecule has 0 aromatic carbocycles. The van der Waals surface area contributed by atoms with Crippen LogP contribution in [-0.2, 0) is 29.2 Å². The first-order valence-electron chi connectivity index (χ1n) is 5.69. The lowest BCUT2D eigenvalue weighted by Gasteiger charge is -2.12. The van der Waals surface area contributed by atoms with E-state index in [1.54, 1.807) is 13.8 Å². The standard InChI is InChI=1S/C10H16F2O7S/c1-7(2)8(13)18-5-3-4-6-19-9(14)10(11,12)20(15,16)17/h7H,3-6H2,1-2H3,(H,15,16,17). The third-order valence-electron chi connectivity index (χ3n) is 2.05. The van der Waals surface area contributed by atoms with Crippen molar-refractivity contribution in [3.8, 4) is 0 Å². The maximum Gasteiger partial charge on any atom is 0.465 e. The highest BCUT2D eigenvalue weighted by Crippen LogP contribution is 2.22. The normalized spacial score (nSPS) is 12.3. The van der Waals surface area contributed by atoms with Crippen molar-refractivity contribution >= 4 is 22.1 Å². The van der Waals surface area contributed by atoms with Gasteiger partial charge in [-0.1, -0.05) is 13.8 Å². The van der Waals surface area contributed by atoms with Gasteiger partial charge in [0.05, 0.1) is 19.1 Å². The van der Waals surface area contributed by atoms with E-state index in [-0.39, 0.29) is 25.4 Å². The Morgan fingerprint density at radius 2 is 1.60 bits per heavy atom. The highest BCUT2D eigenvalue weighted by Gasteiger charge is 2.54. The lowest BCUT2D eigenvalue weighted by molar-refractivity contribution is -0.161. The van der Waals surface area contributed by atoms with Crippen LogP contribution in [0.15, 0.2) is 0 Å². The summed E-state index contributed by atoms with van der Waals surface area (Å²) >= 11 is 0. The summed E-state index contributed by atoms with van der Waals surface area (Å²) in [4.78, 5) is 21.8. The minimum Gasteiger partial charge on any atom is -0.465 e. The highest BCUT2D eigenvalue weighted by atomic mass is 32.2. The number of alkyl halides is 2. The molecule has 0 spiro atoms. The molecular weight excluding hydrogens is 302 g/mol. The Hall–Kier alpha value is -1.29. The average molecular weight is 318 g/mol. The maximum atomic E-state index is 12.7. The van der Waals surface area contributed by atoms with Crippen LogP contribution in [0.5, 0.6) is 0 Å². The third kappa shape index (κ3) is 5.78. The van der Waals surface area contributed by atoms with Crippen molar-refractivity contribution in [2.75, 3.05) is 13.2 Å². The Bertz CT molecular complexity index is 445. The molecule has 0 bridgehead atoms. The van der Waals surface area contributed by atoms with E-state index in [9.17, 15) is 26.8 Å². The van der Waals surface area contributed by atoms with Crippen molar-refractivity contribution < 1.29 is 40.8 Å². The van der Waals surface area contributed by atoms with Gasteiger partial charge in [-0.15, -0.1) is 0 Å². The molecule has 7 nitrogen and oxygen atoms in total. The van der Waals surface area contributed by atoms with Crippen molar-refractivity contribution in [1.29, 1.82) is 0 Å². The Kier molecular flexibility index (Phi) is 7.00. The highest BCUT2D eigenvalue weighted by molar-refractivity contribution is 7.87. The first-order valence-corrected chi connectivity index (χ1v) is 7.13. The molecule has 0 heterocycles. The van der Waals surface area contributed by atoms with Crippen LogP contribution in [-0.4, -0.2) is 43.4 Å². The molecule has 0 aliphatic rings. The van der Waals surface area contributed by atoms with Gasteiger partial charge in [-0.2, -0.15) is 17.2 Å². The summed E-state index contributed by atoms with van der Waals surface area (Å²) in [6, 6.07) is 0. The molecule has 20 heavy (non-hydrogen) atoms. The summed E-state index contributed by atoms with van der Waals surface area (Å²) in [5, 5.41) is -4.99. The second-order valence-electron chi connectivity index (χ2n) is 4.16. The van der Waals surface area contributed by atoms with Crippen molar-refractivity contribution in [2.45, 2.75) is 31.9 Å².